The van der Waals surface area contributed by atoms with Crippen molar-refractivity contribution in [1.82, 2.24) is 4.90 Å². The zero-order valence-electron chi connectivity index (χ0n) is 10.3. The van der Waals surface area contributed by atoms with Gasteiger partial charge in [-0.3, -0.25) is 4.90 Å². The van der Waals surface area contributed by atoms with Gasteiger partial charge in [0.05, 0.1) is 24.9 Å². The highest BCUT2D eigenvalue weighted by molar-refractivity contribution is 5.54. The van der Waals surface area contributed by atoms with E-state index >= 15 is 0 Å². The van der Waals surface area contributed by atoms with Crippen molar-refractivity contribution in [2.75, 3.05) is 50.0 Å². The highest BCUT2D eigenvalue weighted by Crippen LogP contribution is 2.23. The molecule has 0 bridgehead atoms. The van der Waals surface area contributed by atoms with Crippen LogP contribution >= 0.6 is 0 Å². The van der Waals surface area contributed by atoms with Crippen molar-refractivity contribution in [2.45, 2.75) is 6.04 Å². The summed E-state index contributed by atoms with van der Waals surface area (Å²) in [6.45, 7) is 5.34. The van der Waals surface area contributed by atoms with Crippen LogP contribution in [-0.2, 0) is 4.74 Å². The van der Waals surface area contributed by atoms with E-state index in [1.165, 1.54) is 6.07 Å². The van der Waals surface area contributed by atoms with Crippen LogP contribution in [0, 0.1) is 5.82 Å². The summed E-state index contributed by atoms with van der Waals surface area (Å²) in [5, 5.41) is 0. The van der Waals surface area contributed by atoms with E-state index < -0.39 is 0 Å². The Labute approximate surface area is 106 Å². The summed E-state index contributed by atoms with van der Waals surface area (Å²) >= 11 is 0. The molecular weight excluding hydrogens is 233 g/mol. The molecule has 2 saturated heterocycles. The van der Waals surface area contributed by atoms with Crippen molar-refractivity contribution >= 4 is 11.4 Å². The van der Waals surface area contributed by atoms with Crippen LogP contribution in [0.25, 0.3) is 0 Å². The van der Waals surface area contributed by atoms with Crippen LogP contribution in [0.1, 0.15) is 0 Å². The Bertz CT molecular complexity index is 428. The van der Waals surface area contributed by atoms with E-state index in [1.807, 2.05) is 0 Å². The van der Waals surface area contributed by atoms with Gasteiger partial charge in [-0.1, -0.05) is 0 Å². The smallest absolute Gasteiger partial charge is 0.148 e. The van der Waals surface area contributed by atoms with Crippen LogP contribution in [0.2, 0.25) is 0 Å². The van der Waals surface area contributed by atoms with E-state index in [1.54, 1.807) is 12.1 Å². The standard InChI is InChI=1S/C13H18FN3O/c14-12-7-10(15)1-2-13(12)17-5-3-16(4-6-17)11-8-18-9-11/h1-2,7,11H,3-6,8-9,15H2. The molecule has 0 radical (unpaired) electrons. The quantitative estimate of drug-likeness (QED) is 0.794. The maximum Gasteiger partial charge on any atom is 0.148 e. The topological polar surface area (TPSA) is 41.7 Å². The minimum Gasteiger partial charge on any atom is -0.399 e. The van der Waals surface area contributed by atoms with Gasteiger partial charge in [0, 0.05) is 31.9 Å². The van der Waals surface area contributed by atoms with Gasteiger partial charge in [-0.25, -0.2) is 4.39 Å². The molecule has 0 aliphatic carbocycles. The first-order valence-electron chi connectivity index (χ1n) is 6.36. The molecule has 2 aliphatic rings. The Morgan fingerprint density at radius 2 is 1.89 bits per heavy atom. The van der Waals surface area contributed by atoms with Crippen LogP contribution in [-0.4, -0.2) is 50.3 Å². The maximum atomic E-state index is 13.8. The second kappa shape index (κ2) is 4.74. The number of benzene rings is 1. The Kier molecular flexibility index (Phi) is 3.09. The van der Waals surface area contributed by atoms with Gasteiger partial charge in [-0.2, -0.15) is 0 Å². The SMILES string of the molecule is Nc1ccc(N2CCN(C3COC3)CC2)c(F)c1. The molecule has 0 atom stereocenters. The first kappa shape index (κ1) is 11.7. The number of rotatable bonds is 2. The average molecular weight is 251 g/mol. The molecule has 2 aliphatic heterocycles. The van der Waals surface area contributed by atoms with E-state index in [-0.39, 0.29) is 5.82 Å². The average Bonchev–Trinajstić information content (AvgIpc) is 2.28. The molecule has 0 aromatic heterocycles. The van der Waals surface area contributed by atoms with Gasteiger partial charge in [-0.05, 0) is 18.2 Å². The predicted octanol–water partition coefficient (Wildman–Crippen LogP) is 0.929. The summed E-state index contributed by atoms with van der Waals surface area (Å²) < 4.78 is 19.0. The fourth-order valence-corrected chi connectivity index (χ4v) is 2.54. The molecule has 0 amide bonds. The third-order valence-electron chi connectivity index (χ3n) is 3.76. The van der Waals surface area contributed by atoms with Crippen LogP contribution < -0.4 is 10.6 Å². The van der Waals surface area contributed by atoms with Gasteiger partial charge in [0.1, 0.15) is 5.82 Å². The Morgan fingerprint density at radius 3 is 2.44 bits per heavy atom. The molecule has 1 aromatic rings. The summed E-state index contributed by atoms with van der Waals surface area (Å²) in [6, 6.07) is 5.49. The number of anilines is 2. The van der Waals surface area contributed by atoms with Gasteiger partial charge in [0.2, 0.25) is 0 Å². The summed E-state index contributed by atoms with van der Waals surface area (Å²) in [5.41, 5.74) is 6.70. The summed E-state index contributed by atoms with van der Waals surface area (Å²) in [4.78, 5) is 4.51. The molecule has 1 aromatic carbocycles. The fourth-order valence-electron chi connectivity index (χ4n) is 2.54. The van der Waals surface area contributed by atoms with Gasteiger partial charge in [-0.15, -0.1) is 0 Å². The molecule has 2 N–H and O–H groups in total. The lowest BCUT2D eigenvalue weighted by atomic mass is 10.1. The van der Waals surface area contributed by atoms with E-state index in [0.717, 1.165) is 39.4 Å². The normalized spacial score (nSPS) is 21.9. The van der Waals surface area contributed by atoms with Gasteiger partial charge in [0.25, 0.3) is 0 Å². The monoisotopic (exact) mass is 251 g/mol. The predicted molar refractivity (Wildman–Crippen MR) is 69.2 cm³/mol. The zero-order chi connectivity index (χ0) is 12.5. The Balaban J connectivity index is 1.64. The van der Waals surface area contributed by atoms with Gasteiger partial charge in [0.15, 0.2) is 0 Å². The number of nitrogen functional groups attached to an aromatic ring is 1. The van der Waals surface area contributed by atoms with E-state index in [2.05, 4.69) is 9.80 Å². The van der Waals surface area contributed by atoms with Crippen LogP contribution in [0.5, 0.6) is 0 Å². The van der Waals surface area contributed by atoms with Crippen molar-refractivity contribution in [2.24, 2.45) is 0 Å². The van der Waals surface area contributed by atoms with E-state index in [9.17, 15) is 4.39 Å². The second-order valence-electron chi connectivity index (χ2n) is 4.93. The zero-order valence-corrected chi connectivity index (χ0v) is 10.3. The molecule has 3 rings (SSSR count). The molecule has 0 spiro atoms. The second-order valence-corrected chi connectivity index (χ2v) is 4.93. The van der Waals surface area contributed by atoms with Crippen molar-refractivity contribution in [3.8, 4) is 0 Å². The largest absolute Gasteiger partial charge is 0.399 e. The summed E-state index contributed by atoms with van der Waals surface area (Å²) in [7, 11) is 0. The Morgan fingerprint density at radius 1 is 1.17 bits per heavy atom. The first-order chi connectivity index (χ1) is 8.74. The lowest BCUT2D eigenvalue weighted by Gasteiger charge is -2.43. The molecule has 0 unspecified atom stereocenters. The van der Waals surface area contributed by atoms with Crippen molar-refractivity contribution in [3.05, 3.63) is 24.0 Å². The lowest BCUT2D eigenvalue weighted by molar-refractivity contribution is -0.0660. The van der Waals surface area contributed by atoms with Gasteiger partial charge >= 0.3 is 0 Å². The summed E-state index contributed by atoms with van der Waals surface area (Å²) in [5.74, 6) is -0.226. The Hall–Kier alpha value is -1.33. The van der Waals surface area contributed by atoms with Crippen molar-refractivity contribution < 1.29 is 9.13 Å². The molecule has 2 heterocycles. The molecule has 0 saturated carbocycles. The maximum absolute atomic E-state index is 13.8. The molecule has 2 fully saturated rings. The number of hydrogen-bond acceptors (Lipinski definition) is 4. The molecule has 4 nitrogen and oxygen atoms in total. The number of ether oxygens (including phenoxy) is 1. The lowest BCUT2D eigenvalue weighted by Crippen LogP contribution is -2.56. The molecule has 5 heteroatoms. The number of hydrogen-bond donors (Lipinski definition) is 1. The van der Waals surface area contributed by atoms with Gasteiger partial charge < -0.3 is 15.4 Å². The van der Waals surface area contributed by atoms with Crippen LogP contribution in [0.15, 0.2) is 18.2 Å². The minimum absolute atomic E-state index is 0.226. The summed E-state index contributed by atoms with van der Waals surface area (Å²) in [6.07, 6.45) is 0. The number of halogens is 1. The third kappa shape index (κ3) is 2.15. The fraction of sp³-hybridized carbons (Fsp3) is 0.538. The molecule has 98 valence electrons. The van der Waals surface area contributed by atoms with Crippen molar-refractivity contribution in [3.63, 3.8) is 0 Å². The number of nitrogens with zero attached hydrogens (tertiary/aromatic N) is 2. The third-order valence-corrected chi connectivity index (χ3v) is 3.76. The number of piperazine rings is 1. The molecular formula is C13H18FN3O. The first-order valence-corrected chi connectivity index (χ1v) is 6.36. The van der Waals surface area contributed by atoms with E-state index in [4.69, 9.17) is 10.5 Å². The van der Waals surface area contributed by atoms with E-state index in [0.29, 0.717) is 17.4 Å². The highest BCUT2D eigenvalue weighted by atomic mass is 19.1. The molecule has 18 heavy (non-hydrogen) atoms. The van der Waals surface area contributed by atoms with Crippen molar-refractivity contribution in [1.29, 1.82) is 0 Å². The highest BCUT2D eigenvalue weighted by Gasteiger charge is 2.29. The minimum atomic E-state index is -0.226. The number of nitrogens with two attached hydrogens (primary N) is 1. The van der Waals surface area contributed by atoms with Crippen LogP contribution in [0.4, 0.5) is 15.8 Å². The van der Waals surface area contributed by atoms with Crippen LogP contribution in [0.3, 0.4) is 0 Å².